The van der Waals surface area contributed by atoms with Crippen molar-refractivity contribution in [2.75, 3.05) is 0 Å². The van der Waals surface area contributed by atoms with Gasteiger partial charge >= 0.3 is 10.4 Å². The fourth-order valence-corrected chi connectivity index (χ4v) is 1.80. The fraction of sp³-hybridized carbons (Fsp3) is 0.857. The highest BCUT2D eigenvalue weighted by molar-refractivity contribution is 7.81. The van der Waals surface area contributed by atoms with Crippen LogP contribution >= 0.6 is 0 Å². The molecule has 0 saturated carbocycles. The molecule has 94 valence electrons. The number of rotatable bonds is 5. The monoisotopic (exact) mass is 252 g/mol. The standard InChI is InChI=1S/C7H16N4O4S/c1-2-3-4-5-6(8)11-7(9)10-14-16(12,13)15-11/h6H,2-5,8H2,1H3,(H2,9,10). The van der Waals surface area contributed by atoms with E-state index in [-0.39, 0.29) is 5.96 Å². The van der Waals surface area contributed by atoms with Gasteiger partial charge < -0.3 is 11.5 Å². The minimum absolute atomic E-state index is 0.209. The van der Waals surface area contributed by atoms with E-state index in [9.17, 15) is 8.42 Å². The molecule has 0 aromatic rings. The summed E-state index contributed by atoms with van der Waals surface area (Å²) in [6, 6.07) is 0. The Hall–Kier alpha value is -1.06. The molecule has 0 radical (unpaired) electrons. The first-order valence-electron chi connectivity index (χ1n) is 4.97. The van der Waals surface area contributed by atoms with Gasteiger partial charge in [0, 0.05) is 0 Å². The van der Waals surface area contributed by atoms with E-state index in [0.29, 0.717) is 6.42 Å². The van der Waals surface area contributed by atoms with Gasteiger partial charge in [-0.3, -0.25) is 0 Å². The summed E-state index contributed by atoms with van der Waals surface area (Å²) in [7, 11) is -4.16. The highest BCUT2D eigenvalue weighted by Gasteiger charge is 2.31. The van der Waals surface area contributed by atoms with Crippen molar-refractivity contribution >= 4 is 16.4 Å². The molecule has 1 aliphatic heterocycles. The first-order chi connectivity index (χ1) is 7.46. The third kappa shape index (κ3) is 3.51. The van der Waals surface area contributed by atoms with Crippen LogP contribution < -0.4 is 11.5 Å². The van der Waals surface area contributed by atoms with E-state index in [1.54, 1.807) is 0 Å². The van der Waals surface area contributed by atoms with Gasteiger partial charge in [-0.05, 0) is 18.0 Å². The highest BCUT2D eigenvalue weighted by Crippen LogP contribution is 2.13. The summed E-state index contributed by atoms with van der Waals surface area (Å²) >= 11 is 0. The molecule has 0 aliphatic carbocycles. The molecule has 0 aromatic heterocycles. The lowest BCUT2D eigenvalue weighted by Gasteiger charge is -2.28. The maximum atomic E-state index is 10.9. The number of unbranched alkanes of at least 4 members (excludes halogenated alkanes) is 2. The second-order valence-electron chi connectivity index (χ2n) is 3.40. The van der Waals surface area contributed by atoms with Crippen molar-refractivity contribution in [3.8, 4) is 0 Å². The van der Waals surface area contributed by atoms with Gasteiger partial charge in [0.15, 0.2) is 0 Å². The lowest BCUT2D eigenvalue weighted by Crippen LogP contribution is -2.52. The van der Waals surface area contributed by atoms with E-state index in [2.05, 4.69) is 20.6 Å². The van der Waals surface area contributed by atoms with Crippen molar-refractivity contribution in [1.82, 2.24) is 5.06 Å². The largest absolute Gasteiger partial charge is 0.491 e. The van der Waals surface area contributed by atoms with Gasteiger partial charge in [-0.1, -0.05) is 19.8 Å². The number of oxime groups is 1. The summed E-state index contributed by atoms with van der Waals surface area (Å²) in [5.41, 5.74) is 11.1. The third-order valence-electron chi connectivity index (χ3n) is 2.02. The van der Waals surface area contributed by atoms with E-state index >= 15 is 0 Å². The number of hydroxylamine groups is 2. The van der Waals surface area contributed by atoms with Crippen LogP contribution in [0, 0.1) is 0 Å². The number of hydrogen-bond donors (Lipinski definition) is 2. The van der Waals surface area contributed by atoms with Crippen LogP contribution in [0.1, 0.15) is 32.6 Å². The van der Waals surface area contributed by atoms with Crippen molar-refractivity contribution in [1.29, 1.82) is 0 Å². The van der Waals surface area contributed by atoms with E-state index in [1.165, 1.54) is 0 Å². The smallest absolute Gasteiger partial charge is 0.365 e. The topological polar surface area (TPSA) is 120 Å². The Morgan fingerprint density at radius 1 is 1.50 bits per heavy atom. The summed E-state index contributed by atoms with van der Waals surface area (Å²) in [5.74, 6) is -0.209. The first kappa shape index (κ1) is 13.0. The quantitative estimate of drug-likeness (QED) is 0.638. The maximum Gasteiger partial charge on any atom is 0.491 e. The van der Waals surface area contributed by atoms with E-state index < -0.39 is 16.6 Å². The molecule has 0 aromatic carbocycles. The molecule has 0 bridgehead atoms. The summed E-state index contributed by atoms with van der Waals surface area (Å²) in [4.78, 5) is 0. The van der Waals surface area contributed by atoms with Crippen LogP contribution in [0.25, 0.3) is 0 Å². The normalized spacial score (nSPS) is 21.1. The molecular weight excluding hydrogens is 236 g/mol. The molecule has 0 saturated heterocycles. The van der Waals surface area contributed by atoms with Crippen molar-refractivity contribution in [3.63, 3.8) is 0 Å². The number of nitrogens with zero attached hydrogens (tertiary/aromatic N) is 2. The average molecular weight is 252 g/mol. The van der Waals surface area contributed by atoms with Crippen molar-refractivity contribution in [3.05, 3.63) is 0 Å². The fourth-order valence-electron chi connectivity index (χ4n) is 1.22. The van der Waals surface area contributed by atoms with Crippen molar-refractivity contribution < 1.29 is 17.0 Å². The van der Waals surface area contributed by atoms with E-state index in [0.717, 1.165) is 24.3 Å². The minimum atomic E-state index is -4.16. The molecule has 1 aliphatic rings. The van der Waals surface area contributed by atoms with Crippen LogP contribution in [0.3, 0.4) is 0 Å². The minimum Gasteiger partial charge on any atom is -0.365 e. The number of hydrogen-bond acceptors (Lipinski definition) is 8. The van der Waals surface area contributed by atoms with Crippen molar-refractivity contribution in [2.24, 2.45) is 16.6 Å². The molecule has 9 heteroatoms. The zero-order valence-corrected chi connectivity index (χ0v) is 9.81. The van der Waals surface area contributed by atoms with E-state index in [4.69, 9.17) is 11.5 Å². The Bertz CT molecular complexity index is 355. The lowest BCUT2D eigenvalue weighted by molar-refractivity contribution is -0.0492. The van der Waals surface area contributed by atoms with Gasteiger partial charge in [0.05, 0.1) is 0 Å². The first-order valence-corrected chi connectivity index (χ1v) is 6.31. The predicted molar refractivity (Wildman–Crippen MR) is 56.7 cm³/mol. The lowest BCUT2D eigenvalue weighted by atomic mass is 10.2. The Labute approximate surface area is 94.4 Å². The van der Waals surface area contributed by atoms with Crippen LogP contribution in [0.4, 0.5) is 0 Å². The van der Waals surface area contributed by atoms with Gasteiger partial charge in [0.1, 0.15) is 6.17 Å². The Morgan fingerprint density at radius 2 is 2.19 bits per heavy atom. The van der Waals surface area contributed by atoms with Gasteiger partial charge in [0.25, 0.3) is 5.96 Å². The number of nitrogens with two attached hydrogens (primary N) is 2. The SMILES string of the molecule is CCCCCC(N)N1OS(=O)(=O)ON=C1N. The second-order valence-corrected chi connectivity index (χ2v) is 4.51. The molecule has 1 unspecified atom stereocenters. The van der Waals surface area contributed by atoms with Gasteiger partial charge in [-0.25, -0.2) is 4.28 Å². The van der Waals surface area contributed by atoms with Crippen LogP contribution in [-0.2, 0) is 19.0 Å². The van der Waals surface area contributed by atoms with Gasteiger partial charge in [-0.15, -0.1) is 4.28 Å². The average Bonchev–Trinajstić information content (AvgIpc) is 2.22. The molecule has 0 fully saturated rings. The Morgan fingerprint density at radius 3 is 2.81 bits per heavy atom. The number of guanidine groups is 1. The Kier molecular flexibility index (Phi) is 4.33. The van der Waals surface area contributed by atoms with Crippen LogP contribution in [0.15, 0.2) is 5.16 Å². The molecule has 0 amide bonds. The van der Waals surface area contributed by atoms with Crippen LogP contribution in [-0.4, -0.2) is 25.6 Å². The molecule has 1 rings (SSSR count). The molecule has 0 spiro atoms. The Balaban J connectivity index is 2.57. The van der Waals surface area contributed by atoms with E-state index in [1.807, 2.05) is 0 Å². The third-order valence-corrected chi connectivity index (χ3v) is 2.62. The molecule has 1 heterocycles. The zero-order chi connectivity index (χ0) is 12.2. The summed E-state index contributed by atoms with van der Waals surface area (Å²) in [6.45, 7) is 2.05. The van der Waals surface area contributed by atoms with Crippen LogP contribution in [0.5, 0.6) is 0 Å². The van der Waals surface area contributed by atoms with Crippen molar-refractivity contribution in [2.45, 2.75) is 38.8 Å². The zero-order valence-electron chi connectivity index (χ0n) is 9.00. The highest BCUT2D eigenvalue weighted by atomic mass is 32.3. The molecular formula is C7H16N4O4S. The van der Waals surface area contributed by atoms with Gasteiger partial charge in [0.2, 0.25) is 0 Å². The summed E-state index contributed by atoms with van der Waals surface area (Å²) < 4.78 is 30.4. The summed E-state index contributed by atoms with van der Waals surface area (Å²) in [6.07, 6.45) is 2.79. The van der Waals surface area contributed by atoms with Crippen LogP contribution in [0.2, 0.25) is 0 Å². The van der Waals surface area contributed by atoms with Gasteiger partial charge in [-0.2, -0.15) is 13.5 Å². The molecule has 16 heavy (non-hydrogen) atoms. The molecule has 8 nitrogen and oxygen atoms in total. The molecule has 1 atom stereocenters. The molecule has 4 N–H and O–H groups in total. The second kappa shape index (κ2) is 5.32. The maximum absolute atomic E-state index is 10.9. The predicted octanol–water partition coefficient (Wildman–Crippen LogP) is -0.410. The summed E-state index contributed by atoms with van der Waals surface area (Å²) in [5, 5.41) is 3.98.